The van der Waals surface area contributed by atoms with Gasteiger partial charge in [-0.05, 0) is 79.9 Å². The van der Waals surface area contributed by atoms with Crippen molar-refractivity contribution in [3.05, 3.63) is 86.9 Å². The number of carbonyl (C=O) groups excluding carboxylic acids is 2. The summed E-state index contributed by atoms with van der Waals surface area (Å²) in [7, 11) is 0. The van der Waals surface area contributed by atoms with E-state index < -0.39 is 5.82 Å². The normalized spacial score (nSPS) is 18.8. The molecular weight excluding hydrogens is 503 g/mol. The van der Waals surface area contributed by atoms with E-state index in [2.05, 4.69) is 17.5 Å². The molecule has 2 aliphatic rings. The maximum atomic E-state index is 13.9. The largest absolute Gasteiger partial charge is 0.491 e. The first-order valence-corrected chi connectivity index (χ1v) is 14.0. The third-order valence-electron chi connectivity index (χ3n) is 7.28. The lowest BCUT2D eigenvalue weighted by Crippen LogP contribution is -2.49. The number of hydrogen-bond donors (Lipinski definition) is 0. The fourth-order valence-electron chi connectivity index (χ4n) is 5.32. The lowest BCUT2D eigenvalue weighted by Gasteiger charge is -2.37. The third-order valence-corrected chi connectivity index (χ3v) is 8.27. The lowest BCUT2D eigenvalue weighted by molar-refractivity contribution is -0.135. The lowest BCUT2D eigenvalue weighted by atomic mass is 10.00. The van der Waals surface area contributed by atoms with E-state index in [4.69, 9.17) is 9.47 Å². The molecule has 8 heteroatoms. The second kappa shape index (κ2) is 11.7. The average Bonchev–Trinajstić information content (AvgIpc) is 3.59. The summed E-state index contributed by atoms with van der Waals surface area (Å²) in [5.41, 5.74) is 3.54. The van der Waals surface area contributed by atoms with E-state index in [0.29, 0.717) is 26.3 Å². The molecule has 0 N–H and O–H groups in total. The SMILES string of the molecule is Cc1ccc(OC[C@H]2c3ccsc3CCN2C(=O)CN(C[C@@H]2CCCO2)C(=O)c2cccc(F)c2)c(C)c1. The molecule has 2 aliphatic heterocycles. The predicted octanol–water partition coefficient (Wildman–Crippen LogP) is 5.33. The number of ether oxygens (including phenoxy) is 2. The predicted molar refractivity (Wildman–Crippen MR) is 145 cm³/mol. The molecule has 2 aromatic carbocycles. The van der Waals surface area contributed by atoms with Crippen LogP contribution in [0.15, 0.2) is 53.9 Å². The smallest absolute Gasteiger partial charge is 0.254 e. The van der Waals surface area contributed by atoms with E-state index in [9.17, 15) is 14.0 Å². The number of thiophene rings is 1. The molecular formula is C30H33FN2O4S. The molecule has 6 nitrogen and oxygen atoms in total. The maximum absolute atomic E-state index is 13.9. The molecule has 2 amide bonds. The molecule has 0 spiro atoms. The average molecular weight is 537 g/mol. The van der Waals surface area contributed by atoms with E-state index in [1.165, 1.54) is 33.5 Å². The Labute approximate surface area is 227 Å². The summed E-state index contributed by atoms with van der Waals surface area (Å²) in [5, 5.41) is 2.06. The third kappa shape index (κ3) is 5.92. The Bertz CT molecular complexity index is 1300. The van der Waals surface area contributed by atoms with Crippen LogP contribution in [0.25, 0.3) is 0 Å². The Morgan fingerprint density at radius 1 is 1.18 bits per heavy atom. The van der Waals surface area contributed by atoms with Crippen molar-refractivity contribution in [1.29, 1.82) is 0 Å². The number of halogens is 1. The fourth-order valence-corrected chi connectivity index (χ4v) is 6.24. The summed E-state index contributed by atoms with van der Waals surface area (Å²) in [5.74, 6) is -0.209. The van der Waals surface area contributed by atoms with Crippen molar-refractivity contribution in [1.82, 2.24) is 9.80 Å². The molecule has 38 heavy (non-hydrogen) atoms. The van der Waals surface area contributed by atoms with Crippen LogP contribution in [0.3, 0.4) is 0 Å². The summed E-state index contributed by atoms with van der Waals surface area (Å²) in [6, 6.07) is 13.5. The van der Waals surface area contributed by atoms with Crippen molar-refractivity contribution >= 4 is 23.2 Å². The molecule has 0 aliphatic carbocycles. The first-order chi connectivity index (χ1) is 18.4. The number of carbonyl (C=O) groups is 2. The molecule has 3 aromatic rings. The quantitative estimate of drug-likeness (QED) is 0.391. The number of amides is 2. The van der Waals surface area contributed by atoms with Crippen LogP contribution in [-0.4, -0.2) is 60.6 Å². The van der Waals surface area contributed by atoms with Crippen molar-refractivity contribution in [3.8, 4) is 5.75 Å². The summed E-state index contributed by atoms with van der Waals surface area (Å²) >= 11 is 1.70. The number of rotatable bonds is 8. The minimum absolute atomic E-state index is 0.102. The van der Waals surface area contributed by atoms with E-state index in [-0.39, 0.29) is 36.1 Å². The van der Waals surface area contributed by atoms with Gasteiger partial charge in [0.05, 0.1) is 12.1 Å². The fraction of sp³-hybridized carbons (Fsp3) is 0.400. The Hall–Kier alpha value is -3.23. The van der Waals surface area contributed by atoms with E-state index >= 15 is 0 Å². The molecule has 1 saturated heterocycles. The van der Waals surface area contributed by atoms with Crippen LogP contribution in [0.2, 0.25) is 0 Å². The Morgan fingerprint density at radius 3 is 2.82 bits per heavy atom. The van der Waals surface area contributed by atoms with Crippen molar-refractivity contribution in [3.63, 3.8) is 0 Å². The van der Waals surface area contributed by atoms with E-state index in [1.54, 1.807) is 17.4 Å². The molecule has 1 aromatic heterocycles. The van der Waals surface area contributed by atoms with Crippen LogP contribution >= 0.6 is 11.3 Å². The Balaban J connectivity index is 1.36. The molecule has 1 fully saturated rings. The molecule has 3 heterocycles. The van der Waals surface area contributed by atoms with Gasteiger partial charge in [0.2, 0.25) is 5.91 Å². The second-order valence-electron chi connectivity index (χ2n) is 10.1. The van der Waals surface area contributed by atoms with Gasteiger partial charge in [0.25, 0.3) is 5.91 Å². The van der Waals surface area contributed by atoms with Crippen LogP contribution in [0.5, 0.6) is 5.75 Å². The summed E-state index contributed by atoms with van der Waals surface area (Å²) in [4.78, 5) is 31.8. The summed E-state index contributed by atoms with van der Waals surface area (Å²) in [6.07, 6.45) is 2.39. The zero-order chi connectivity index (χ0) is 26.6. The van der Waals surface area contributed by atoms with Gasteiger partial charge in [-0.3, -0.25) is 9.59 Å². The first-order valence-electron chi connectivity index (χ1n) is 13.1. The topological polar surface area (TPSA) is 59.1 Å². The van der Waals surface area contributed by atoms with Gasteiger partial charge in [0.1, 0.15) is 24.7 Å². The van der Waals surface area contributed by atoms with Crippen molar-refractivity contribution in [2.45, 2.75) is 45.3 Å². The van der Waals surface area contributed by atoms with Gasteiger partial charge in [0, 0.05) is 30.1 Å². The molecule has 2 atom stereocenters. The number of aryl methyl sites for hydroxylation is 2. The van der Waals surface area contributed by atoms with Gasteiger partial charge in [-0.15, -0.1) is 11.3 Å². The highest BCUT2D eigenvalue weighted by Gasteiger charge is 2.34. The highest BCUT2D eigenvalue weighted by molar-refractivity contribution is 7.10. The highest BCUT2D eigenvalue weighted by Crippen LogP contribution is 2.34. The number of benzene rings is 2. The number of fused-ring (bicyclic) bond motifs is 1. The second-order valence-corrected chi connectivity index (χ2v) is 11.1. The minimum atomic E-state index is -0.483. The Morgan fingerprint density at radius 2 is 2.05 bits per heavy atom. The number of hydrogen-bond acceptors (Lipinski definition) is 5. The van der Waals surface area contributed by atoms with E-state index in [0.717, 1.165) is 36.1 Å². The highest BCUT2D eigenvalue weighted by atomic mass is 32.1. The van der Waals surface area contributed by atoms with Crippen molar-refractivity contribution < 1.29 is 23.5 Å². The van der Waals surface area contributed by atoms with Crippen LogP contribution in [0.1, 0.15) is 50.8 Å². The standard InChI is InChI=1S/C30H33FN2O4S/c1-20-8-9-27(21(2)15-20)37-19-26-25-11-14-38-28(25)10-12-33(26)29(34)18-32(17-24-7-4-13-36-24)30(35)22-5-3-6-23(31)16-22/h3,5-6,8-9,11,14-16,24,26H,4,7,10,12-13,17-19H2,1-2H3/t24-,26-/m0/s1. The van der Waals surface area contributed by atoms with Crippen LogP contribution in [0.4, 0.5) is 4.39 Å². The zero-order valence-corrected chi connectivity index (χ0v) is 22.6. The zero-order valence-electron chi connectivity index (χ0n) is 21.8. The van der Waals surface area contributed by atoms with Crippen molar-refractivity contribution in [2.75, 3.05) is 32.8 Å². The molecule has 0 unspecified atom stereocenters. The van der Waals surface area contributed by atoms with Gasteiger partial charge in [-0.25, -0.2) is 4.39 Å². The van der Waals surface area contributed by atoms with Gasteiger partial charge in [-0.1, -0.05) is 23.8 Å². The van der Waals surface area contributed by atoms with Crippen LogP contribution in [-0.2, 0) is 16.0 Å². The first kappa shape index (κ1) is 26.4. The van der Waals surface area contributed by atoms with Gasteiger partial charge in [0.15, 0.2) is 0 Å². The molecule has 0 bridgehead atoms. The minimum Gasteiger partial charge on any atom is -0.491 e. The summed E-state index contributed by atoms with van der Waals surface area (Å²) in [6.45, 7) is 5.77. The maximum Gasteiger partial charge on any atom is 0.254 e. The van der Waals surface area contributed by atoms with Gasteiger partial charge >= 0.3 is 0 Å². The van der Waals surface area contributed by atoms with Crippen molar-refractivity contribution in [2.24, 2.45) is 0 Å². The monoisotopic (exact) mass is 536 g/mol. The van der Waals surface area contributed by atoms with Crippen LogP contribution in [0, 0.1) is 19.7 Å². The van der Waals surface area contributed by atoms with Crippen LogP contribution < -0.4 is 4.74 Å². The molecule has 0 radical (unpaired) electrons. The number of nitrogens with zero attached hydrogens (tertiary/aromatic N) is 2. The molecule has 0 saturated carbocycles. The molecule has 200 valence electrons. The molecule has 5 rings (SSSR count). The van der Waals surface area contributed by atoms with Gasteiger partial charge < -0.3 is 19.3 Å². The van der Waals surface area contributed by atoms with Gasteiger partial charge in [-0.2, -0.15) is 0 Å². The Kier molecular flexibility index (Phi) is 8.09. The van der Waals surface area contributed by atoms with E-state index in [1.807, 2.05) is 30.9 Å². The summed E-state index contributed by atoms with van der Waals surface area (Å²) < 4.78 is 25.9.